The Bertz CT molecular complexity index is 2050. The number of thiol groups is 1. The molecule has 3 fully saturated rings. The van der Waals surface area contributed by atoms with Crippen LogP contribution >= 0.6 is 25.8 Å². The minimum absolute atomic E-state index is 0.0126. The van der Waals surface area contributed by atoms with E-state index in [1.165, 1.54) is 23.5 Å². The maximum Gasteiger partial charge on any atom is 0.386 e. The third-order valence-electron chi connectivity index (χ3n) is 8.71. The van der Waals surface area contributed by atoms with Crippen LogP contribution in [0.1, 0.15) is 12.6 Å². The number of halogens is 1. The van der Waals surface area contributed by atoms with Gasteiger partial charge in [0.1, 0.15) is 30.4 Å². The molecule has 7 heterocycles. The molecule has 3 aliphatic rings. The van der Waals surface area contributed by atoms with Gasteiger partial charge in [-0.05, 0) is 36.0 Å². The first-order chi connectivity index (χ1) is 22.1. The number of nitrogens with two attached hydrogens (primary N) is 1. The zero-order valence-corrected chi connectivity index (χ0v) is 27.2. The van der Waals surface area contributed by atoms with Crippen molar-refractivity contribution in [3.8, 4) is 0 Å². The fourth-order valence-electron chi connectivity index (χ4n) is 6.34. The number of alkyl halides is 1. The quantitative estimate of drug-likeness (QED) is 0.182. The van der Waals surface area contributed by atoms with Crippen LogP contribution in [-0.2, 0) is 45.7 Å². The Morgan fingerprint density at radius 2 is 1.85 bits per heavy atom. The molecule has 46 heavy (non-hydrogen) atoms. The SMILES string of the molecule is Nc1ncnc2c1ncn2CC1C[C@@H]2COP(=O)(S)O[C@@H]3[C@H](F)[C@@H](COP(O)(=S)OC[C@@H]12)O[C@H]3n1cnc2c1ncn1ccnc21. The lowest BCUT2D eigenvalue weighted by atomic mass is 9.65. The molecule has 1 aliphatic carbocycles. The van der Waals surface area contributed by atoms with Gasteiger partial charge in [-0.3, -0.25) is 13.5 Å². The largest absolute Gasteiger partial charge is 0.386 e. The second kappa shape index (κ2) is 11.5. The minimum atomic E-state index is -4.13. The highest BCUT2D eigenvalue weighted by atomic mass is 32.7. The van der Waals surface area contributed by atoms with Crippen molar-refractivity contribution in [1.29, 1.82) is 0 Å². The molecule has 3 N–H and O–H groups in total. The topological polar surface area (TPSA) is 201 Å². The summed E-state index contributed by atoms with van der Waals surface area (Å²) in [7, 11) is 0. The minimum Gasteiger partial charge on any atom is -0.382 e. The van der Waals surface area contributed by atoms with Gasteiger partial charge in [-0.1, -0.05) is 12.2 Å². The predicted molar refractivity (Wildman–Crippen MR) is 166 cm³/mol. The summed E-state index contributed by atoms with van der Waals surface area (Å²) in [5.41, 5.74) is 8.31. The van der Waals surface area contributed by atoms with Crippen molar-refractivity contribution < 1.29 is 36.7 Å². The van der Waals surface area contributed by atoms with Gasteiger partial charge < -0.3 is 33.5 Å². The van der Waals surface area contributed by atoms with Crippen LogP contribution in [0.15, 0.2) is 37.7 Å². The molecule has 3 unspecified atom stereocenters. The van der Waals surface area contributed by atoms with Gasteiger partial charge in [0.05, 0.1) is 32.5 Å². The third-order valence-corrected chi connectivity index (χ3v) is 11.9. The first-order valence-corrected chi connectivity index (χ1v) is 19.5. The maximum atomic E-state index is 16.0. The van der Waals surface area contributed by atoms with Crippen LogP contribution in [0.3, 0.4) is 0 Å². The molecule has 22 heteroatoms. The Kier molecular flexibility index (Phi) is 7.67. The standard InChI is InChI=1S/C24H27FN10O7P2S2/c25-16-15-7-40-43(36,45)39-6-14-12(4-34-9-30-17-20(26)28-8-29-21(17)34)3-13(14)5-38-44(37,46)42-19(16)24(41-15)35-11-31-18-22-27-1-2-33(22)10-32-23(18)35/h1-2,8-16,19,24H,3-7H2,(H,36,45)(H,37,46)(H2,26,28,29)/t12?,13-,14+,15-,16-,19-,24-,43?,44?/m1/s1. The summed E-state index contributed by atoms with van der Waals surface area (Å²) in [5, 5.41) is 0. The highest BCUT2D eigenvalue weighted by Gasteiger charge is 2.52. The number of rotatable bonds is 3. The number of hydrogen-bond acceptors (Lipinski definition) is 14. The number of hydrogen-bond donors (Lipinski definition) is 3. The number of nitrogens with zero attached hydrogens (tertiary/aromatic N) is 9. The first kappa shape index (κ1) is 30.7. The van der Waals surface area contributed by atoms with E-state index in [0.717, 1.165) is 0 Å². The summed E-state index contributed by atoms with van der Waals surface area (Å²) in [6.07, 6.45) is 4.04. The van der Waals surface area contributed by atoms with Crippen molar-refractivity contribution >= 4 is 71.4 Å². The van der Waals surface area contributed by atoms with E-state index in [1.54, 1.807) is 23.1 Å². The summed E-state index contributed by atoms with van der Waals surface area (Å²) < 4.78 is 63.4. The van der Waals surface area contributed by atoms with Crippen LogP contribution in [0.25, 0.3) is 28.0 Å². The second-order valence-corrected chi connectivity index (χ2v) is 17.1. The molecule has 0 spiro atoms. The molecule has 5 aromatic rings. The van der Waals surface area contributed by atoms with Gasteiger partial charge in [-0.25, -0.2) is 38.9 Å². The molecule has 2 aliphatic heterocycles. The highest BCUT2D eigenvalue weighted by molar-refractivity contribution is 8.44. The molecule has 9 atom stereocenters. The third kappa shape index (κ3) is 5.43. The van der Waals surface area contributed by atoms with E-state index in [-0.39, 0.29) is 36.8 Å². The predicted octanol–water partition coefficient (Wildman–Crippen LogP) is 2.69. The van der Waals surface area contributed by atoms with Crippen molar-refractivity contribution in [3.05, 3.63) is 37.7 Å². The molecule has 1 saturated carbocycles. The number of fused-ring (bicyclic) bond motifs is 7. The van der Waals surface area contributed by atoms with Crippen molar-refractivity contribution in [2.75, 3.05) is 25.6 Å². The van der Waals surface area contributed by atoms with Gasteiger partial charge in [0.15, 0.2) is 40.7 Å². The summed E-state index contributed by atoms with van der Waals surface area (Å²) in [4.78, 5) is 36.6. The van der Waals surface area contributed by atoms with Gasteiger partial charge in [0, 0.05) is 18.9 Å². The molecule has 0 amide bonds. The van der Waals surface area contributed by atoms with E-state index in [2.05, 4.69) is 42.2 Å². The fraction of sp³-hybridized carbons (Fsp3) is 0.500. The highest BCUT2D eigenvalue weighted by Crippen LogP contribution is 2.59. The molecule has 8 rings (SSSR count). The molecule has 2 bridgehead atoms. The summed E-state index contributed by atoms with van der Waals surface area (Å²) in [6, 6.07) is 0. The molecule has 0 radical (unpaired) electrons. The average molecular weight is 713 g/mol. The Balaban J connectivity index is 1.05. The van der Waals surface area contributed by atoms with Gasteiger partial charge >= 0.3 is 13.5 Å². The maximum absolute atomic E-state index is 16.0. The molecule has 2 saturated heterocycles. The second-order valence-electron chi connectivity index (χ2n) is 11.4. The number of ether oxygens (including phenoxy) is 1. The molecule has 17 nitrogen and oxygen atoms in total. The zero-order valence-electron chi connectivity index (χ0n) is 23.7. The Labute approximate surface area is 269 Å². The van der Waals surface area contributed by atoms with Crippen molar-refractivity contribution in [3.63, 3.8) is 0 Å². The summed E-state index contributed by atoms with van der Waals surface area (Å²) in [6.45, 7) is -7.94. The summed E-state index contributed by atoms with van der Waals surface area (Å²) >= 11 is 9.48. The molecular weight excluding hydrogens is 685 g/mol. The number of imidazole rings is 3. The van der Waals surface area contributed by atoms with Gasteiger partial charge in [0.2, 0.25) is 0 Å². The van der Waals surface area contributed by atoms with Crippen molar-refractivity contribution in [1.82, 2.24) is 43.4 Å². The Morgan fingerprint density at radius 3 is 2.72 bits per heavy atom. The zero-order chi connectivity index (χ0) is 31.8. The number of aromatic nitrogens is 9. The van der Waals surface area contributed by atoms with Crippen LogP contribution in [0, 0.1) is 17.8 Å². The van der Waals surface area contributed by atoms with Crippen LogP contribution in [0.4, 0.5) is 10.2 Å². The first-order valence-electron chi connectivity index (χ1n) is 14.2. The van der Waals surface area contributed by atoms with Gasteiger partial charge in [-0.15, -0.1) is 0 Å². The lowest BCUT2D eigenvalue weighted by Crippen LogP contribution is -2.44. The van der Waals surface area contributed by atoms with Gasteiger partial charge in [0.25, 0.3) is 0 Å². The Morgan fingerprint density at radius 1 is 1.02 bits per heavy atom. The van der Waals surface area contributed by atoms with E-state index in [1.807, 2.05) is 4.57 Å². The van der Waals surface area contributed by atoms with Crippen LogP contribution in [0.2, 0.25) is 0 Å². The molecule has 5 aromatic heterocycles. The van der Waals surface area contributed by atoms with E-state index in [4.69, 9.17) is 40.4 Å². The average Bonchev–Trinajstić information content (AvgIpc) is 3.79. The normalized spacial score (nSPS) is 35.7. The fourth-order valence-corrected chi connectivity index (χ4v) is 8.98. The Hall–Kier alpha value is -2.64. The lowest BCUT2D eigenvalue weighted by Gasteiger charge is -2.45. The van der Waals surface area contributed by atoms with Crippen molar-refractivity contribution in [2.24, 2.45) is 17.8 Å². The monoisotopic (exact) mass is 712 g/mol. The van der Waals surface area contributed by atoms with Crippen LogP contribution in [0.5, 0.6) is 0 Å². The van der Waals surface area contributed by atoms with Crippen molar-refractivity contribution in [2.45, 2.75) is 37.6 Å². The smallest absolute Gasteiger partial charge is 0.382 e. The number of anilines is 1. The van der Waals surface area contributed by atoms with Crippen LogP contribution < -0.4 is 5.73 Å². The lowest BCUT2D eigenvalue weighted by molar-refractivity contribution is -0.0448. The van der Waals surface area contributed by atoms with Gasteiger partial charge in [-0.2, -0.15) is 0 Å². The van der Waals surface area contributed by atoms with E-state index in [9.17, 15) is 9.46 Å². The molecule has 244 valence electrons. The molecular formula is C24H27FN10O7P2S2. The van der Waals surface area contributed by atoms with E-state index >= 15 is 4.39 Å². The number of nitrogen functional groups attached to an aromatic ring is 1. The van der Waals surface area contributed by atoms with E-state index < -0.39 is 44.7 Å². The van der Waals surface area contributed by atoms with E-state index in [0.29, 0.717) is 40.9 Å². The summed E-state index contributed by atoms with van der Waals surface area (Å²) in [5.74, 6) is -0.0718. The molecule has 0 aromatic carbocycles. The van der Waals surface area contributed by atoms with Crippen LogP contribution in [-0.4, -0.2) is 86.5 Å².